The third kappa shape index (κ3) is 2.89. The van der Waals surface area contributed by atoms with Crippen molar-refractivity contribution >= 4 is 11.4 Å². The van der Waals surface area contributed by atoms with E-state index < -0.39 is 0 Å². The molecule has 0 bridgehead atoms. The fourth-order valence-corrected chi connectivity index (χ4v) is 2.11. The monoisotopic (exact) mass is 251 g/mol. The van der Waals surface area contributed by atoms with E-state index in [0.717, 1.165) is 19.4 Å². The van der Waals surface area contributed by atoms with Crippen LogP contribution < -0.4 is 15.4 Å². The summed E-state index contributed by atoms with van der Waals surface area (Å²) in [5.74, 6) is 0.613. The van der Waals surface area contributed by atoms with Gasteiger partial charge < -0.3 is 15.4 Å². The largest absolute Gasteiger partial charge is 0.497 e. The first-order valence-corrected chi connectivity index (χ1v) is 6.00. The van der Waals surface area contributed by atoms with Crippen molar-refractivity contribution in [1.29, 1.82) is 0 Å². The Morgan fingerprint density at radius 3 is 3.06 bits per heavy atom. The molecule has 0 amide bonds. The summed E-state index contributed by atoms with van der Waals surface area (Å²) in [5.41, 5.74) is 0.585. The van der Waals surface area contributed by atoms with Crippen molar-refractivity contribution in [3.05, 3.63) is 28.3 Å². The van der Waals surface area contributed by atoms with Crippen LogP contribution in [0.1, 0.15) is 12.8 Å². The van der Waals surface area contributed by atoms with E-state index in [1.807, 2.05) is 0 Å². The number of nitro benzene ring substituents is 1. The maximum Gasteiger partial charge on any atom is 0.292 e. The number of rotatable bonds is 5. The Bertz CT molecular complexity index is 431. The summed E-state index contributed by atoms with van der Waals surface area (Å²) in [5, 5.41) is 17.4. The summed E-state index contributed by atoms with van der Waals surface area (Å²) in [6.45, 7) is 1.71. The molecule has 6 heteroatoms. The van der Waals surface area contributed by atoms with Gasteiger partial charge in [0.15, 0.2) is 0 Å². The Balaban J connectivity index is 2.10. The topological polar surface area (TPSA) is 76.4 Å². The third-order valence-corrected chi connectivity index (χ3v) is 3.10. The number of ether oxygens (including phenoxy) is 1. The molecule has 1 aliphatic rings. The van der Waals surface area contributed by atoms with Gasteiger partial charge in [-0.25, -0.2) is 0 Å². The Morgan fingerprint density at radius 2 is 2.44 bits per heavy atom. The lowest BCUT2D eigenvalue weighted by atomic mass is 10.2. The van der Waals surface area contributed by atoms with E-state index in [9.17, 15) is 10.1 Å². The van der Waals surface area contributed by atoms with Crippen LogP contribution in [0.4, 0.5) is 11.4 Å². The van der Waals surface area contributed by atoms with Crippen LogP contribution in [-0.4, -0.2) is 31.2 Å². The van der Waals surface area contributed by atoms with Crippen LogP contribution >= 0.6 is 0 Å². The Morgan fingerprint density at radius 1 is 1.61 bits per heavy atom. The number of nitro groups is 1. The van der Waals surface area contributed by atoms with Gasteiger partial charge in [0.05, 0.1) is 12.0 Å². The Labute approximate surface area is 105 Å². The molecule has 1 saturated heterocycles. The zero-order valence-electron chi connectivity index (χ0n) is 10.3. The van der Waals surface area contributed by atoms with Crippen molar-refractivity contribution in [3.63, 3.8) is 0 Å². The van der Waals surface area contributed by atoms with Crippen LogP contribution in [0.15, 0.2) is 18.2 Å². The van der Waals surface area contributed by atoms with Crippen molar-refractivity contribution in [2.45, 2.75) is 18.9 Å². The lowest BCUT2D eigenvalue weighted by molar-refractivity contribution is -0.384. The number of hydrogen-bond acceptors (Lipinski definition) is 5. The van der Waals surface area contributed by atoms with Gasteiger partial charge in [0, 0.05) is 24.7 Å². The van der Waals surface area contributed by atoms with E-state index in [0.29, 0.717) is 24.0 Å². The number of nitrogens with zero attached hydrogens (tertiary/aromatic N) is 1. The van der Waals surface area contributed by atoms with Gasteiger partial charge in [-0.3, -0.25) is 10.1 Å². The minimum absolute atomic E-state index is 0.0776. The summed E-state index contributed by atoms with van der Waals surface area (Å²) in [4.78, 5) is 10.5. The highest BCUT2D eigenvalue weighted by Crippen LogP contribution is 2.28. The minimum atomic E-state index is -0.385. The number of benzene rings is 1. The second-order valence-corrected chi connectivity index (χ2v) is 4.31. The average molecular weight is 251 g/mol. The number of methoxy groups -OCH3 is 1. The molecular formula is C12H17N3O3. The predicted molar refractivity (Wildman–Crippen MR) is 69.2 cm³/mol. The molecule has 1 fully saturated rings. The molecule has 6 nitrogen and oxygen atoms in total. The lowest BCUT2D eigenvalue weighted by Crippen LogP contribution is -2.29. The second-order valence-electron chi connectivity index (χ2n) is 4.31. The Kier molecular flexibility index (Phi) is 3.99. The quantitative estimate of drug-likeness (QED) is 0.616. The summed E-state index contributed by atoms with van der Waals surface area (Å²) in [6.07, 6.45) is 2.26. The zero-order chi connectivity index (χ0) is 13.0. The van der Waals surface area contributed by atoms with Crippen molar-refractivity contribution in [1.82, 2.24) is 5.32 Å². The summed E-state index contributed by atoms with van der Waals surface area (Å²) >= 11 is 0. The van der Waals surface area contributed by atoms with Crippen molar-refractivity contribution in [3.8, 4) is 5.75 Å². The van der Waals surface area contributed by atoms with Crippen LogP contribution in [0, 0.1) is 10.1 Å². The first-order chi connectivity index (χ1) is 8.70. The first kappa shape index (κ1) is 12.6. The predicted octanol–water partition coefficient (Wildman–Crippen LogP) is 1.77. The molecule has 2 rings (SSSR count). The van der Waals surface area contributed by atoms with E-state index in [1.165, 1.54) is 6.07 Å². The smallest absolute Gasteiger partial charge is 0.292 e. The fourth-order valence-electron chi connectivity index (χ4n) is 2.11. The normalized spacial score (nSPS) is 18.6. The van der Waals surface area contributed by atoms with Gasteiger partial charge >= 0.3 is 0 Å². The Hall–Kier alpha value is -1.82. The van der Waals surface area contributed by atoms with Crippen LogP contribution in [0.5, 0.6) is 5.75 Å². The maximum absolute atomic E-state index is 10.9. The SMILES string of the molecule is COc1ccc([N+](=O)[O-])c(NCC2CCCN2)c1. The van der Waals surface area contributed by atoms with E-state index in [4.69, 9.17) is 4.74 Å². The highest BCUT2D eigenvalue weighted by molar-refractivity contribution is 5.64. The van der Waals surface area contributed by atoms with E-state index >= 15 is 0 Å². The summed E-state index contributed by atoms with van der Waals surface area (Å²) in [6, 6.07) is 5.10. The van der Waals surface area contributed by atoms with E-state index in [-0.39, 0.29) is 10.6 Å². The van der Waals surface area contributed by atoms with Crippen molar-refractivity contribution in [2.75, 3.05) is 25.5 Å². The van der Waals surface area contributed by atoms with Gasteiger partial charge in [0.1, 0.15) is 11.4 Å². The highest BCUT2D eigenvalue weighted by atomic mass is 16.6. The molecule has 1 aliphatic heterocycles. The number of anilines is 1. The van der Waals surface area contributed by atoms with Gasteiger partial charge in [0.2, 0.25) is 0 Å². The second kappa shape index (κ2) is 5.68. The molecule has 1 aromatic rings. The number of nitrogens with one attached hydrogen (secondary N) is 2. The molecule has 0 saturated carbocycles. The molecule has 2 N–H and O–H groups in total. The molecule has 0 radical (unpaired) electrons. The first-order valence-electron chi connectivity index (χ1n) is 6.00. The minimum Gasteiger partial charge on any atom is -0.497 e. The molecule has 1 atom stereocenters. The van der Waals surface area contributed by atoms with Gasteiger partial charge in [-0.05, 0) is 25.5 Å². The molecule has 18 heavy (non-hydrogen) atoms. The molecule has 0 aliphatic carbocycles. The average Bonchev–Trinajstić information content (AvgIpc) is 2.88. The fraction of sp³-hybridized carbons (Fsp3) is 0.500. The lowest BCUT2D eigenvalue weighted by Gasteiger charge is -2.13. The van der Waals surface area contributed by atoms with Crippen molar-refractivity contribution < 1.29 is 9.66 Å². The molecule has 0 aromatic heterocycles. The van der Waals surface area contributed by atoms with Gasteiger partial charge in [0.25, 0.3) is 5.69 Å². The highest BCUT2D eigenvalue weighted by Gasteiger charge is 2.18. The van der Waals surface area contributed by atoms with Gasteiger partial charge in [-0.2, -0.15) is 0 Å². The van der Waals surface area contributed by atoms with E-state index in [1.54, 1.807) is 19.2 Å². The standard InChI is InChI=1S/C12H17N3O3/c1-18-10-4-5-12(15(16)17)11(7-10)14-8-9-3-2-6-13-9/h4-5,7,9,13-14H,2-3,6,8H2,1H3. The third-order valence-electron chi connectivity index (χ3n) is 3.10. The molecule has 1 aromatic carbocycles. The van der Waals surface area contributed by atoms with Crippen LogP contribution in [0.2, 0.25) is 0 Å². The van der Waals surface area contributed by atoms with Crippen LogP contribution in [-0.2, 0) is 0 Å². The summed E-state index contributed by atoms with van der Waals surface area (Å²) < 4.78 is 5.08. The van der Waals surface area contributed by atoms with Crippen molar-refractivity contribution in [2.24, 2.45) is 0 Å². The van der Waals surface area contributed by atoms with Crippen LogP contribution in [0.3, 0.4) is 0 Å². The molecule has 98 valence electrons. The summed E-state index contributed by atoms with van der Waals surface area (Å²) in [7, 11) is 1.55. The van der Waals surface area contributed by atoms with Gasteiger partial charge in [-0.15, -0.1) is 0 Å². The molecule has 1 heterocycles. The number of hydrogen-bond donors (Lipinski definition) is 2. The maximum atomic E-state index is 10.9. The van der Waals surface area contributed by atoms with E-state index in [2.05, 4.69) is 10.6 Å². The molecular weight excluding hydrogens is 234 g/mol. The molecule has 0 spiro atoms. The van der Waals surface area contributed by atoms with Gasteiger partial charge in [-0.1, -0.05) is 0 Å². The van der Waals surface area contributed by atoms with Crippen LogP contribution in [0.25, 0.3) is 0 Å². The zero-order valence-corrected chi connectivity index (χ0v) is 10.3. The molecule has 1 unspecified atom stereocenters.